The number of ether oxygens (including phenoxy) is 3. The number of hydrogen-bond acceptors (Lipinski definition) is 6. The minimum atomic E-state index is -0.741. The molecule has 0 radical (unpaired) electrons. The third-order valence-corrected chi connectivity index (χ3v) is 4.01. The monoisotopic (exact) mass is 420 g/mol. The first kappa shape index (κ1) is 21.8. The van der Waals surface area contributed by atoms with Crippen LogP contribution < -0.4 is 10.1 Å². The van der Waals surface area contributed by atoms with Crippen molar-refractivity contribution >= 4 is 29.0 Å². The Morgan fingerprint density at radius 2 is 1.74 bits per heavy atom. The molecule has 0 fully saturated rings. The van der Waals surface area contributed by atoms with Crippen LogP contribution in [0.5, 0.6) is 11.6 Å². The smallest absolute Gasteiger partial charge is 0.412 e. The number of methoxy groups -OCH3 is 1. The van der Waals surface area contributed by atoms with Gasteiger partial charge in [-0.3, -0.25) is 5.32 Å². The predicted molar refractivity (Wildman–Crippen MR) is 118 cm³/mol. The molecule has 3 rings (SSSR count). The van der Waals surface area contributed by atoms with Gasteiger partial charge in [0.05, 0.1) is 12.6 Å². The maximum absolute atomic E-state index is 12.1. The molecule has 160 valence electrons. The molecular weight excluding hydrogens is 396 g/mol. The lowest BCUT2D eigenvalue weighted by atomic mass is 10.1. The number of hydrogen-bond donors (Lipinski definition) is 1. The Morgan fingerprint density at radius 1 is 1.00 bits per heavy atom. The molecule has 0 atom stereocenters. The Balaban J connectivity index is 1.84. The lowest BCUT2D eigenvalue weighted by molar-refractivity contribution is -0.136. The minimum absolute atomic E-state index is 0.0342. The van der Waals surface area contributed by atoms with E-state index in [9.17, 15) is 9.59 Å². The second-order valence-corrected chi connectivity index (χ2v) is 7.69. The van der Waals surface area contributed by atoms with Gasteiger partial charge in [-0.15, -0.1) is 0 Å². The molecule has 1 amide bonds. The maximum Gasteiger partial charge on any atom is 0.412 e. The SMILES string of the molecule is COC(=O)C(=Cc1ccc2nc(Oc3ccccc3)ccc2c1)NC(=O)OC(C)(C)C. The van der Waals surface area contributed by atoms with Gasteiger partial charge in [0.15, 0.2) is 0 Å². The molecular formula is C24H24N2O5. The zero-order chi connectivity index (χ0) is 22.4. The number of alkyl carbamates (subject to hydrolysis) is 1. The molecule has 0 bridgehead atoms. The molecule has 0 aliphatic rings. The summed E-state index contributed by atoms with van der Waals surface area (Å²) in [6.07, 6.45) is 0.776. The zero-order valence-electron chi connectivity index (χ0n) is 17.8. The second-order valence-electron chi connectivity index (χ2n) is 7.69. The van der Waals surface area contributed by atoms with Crippen molar-refractivity contribution in [2.75, 3.05) is 7.11 Å². The van der Waals surface area contributed by atoms with E-state index in [1.165, 1.54) is 13.2 Å². The van der Waals surface area contributed by atoms with Gasteiger partial charge in [0.25, 0.3) is 0 Å². The fourth-order valence-corrected chi connectivity index (χ4v) is 2.72. The standard InChI is InChI=1S/C24H24N2O5/c1-24(2,3)31-23(28)26-20(22(27)29-4)15-16-10-12-19-17(14-16)11-13-21(25-19)30-18-8-6-5-7-9-18/h5-15H,1-4H3,(H,26,28). The lowest BCUT2D eigenvalue weighted by Crippen LogP contribution is -2.34. The third-order valence-electron chi connectivity index (χ3n) is 4.01. The zero-order valence-corrected chi connectivity index (χ0v) is 17.8. The molecule has 2 aromatic carbocycles. The number of para-hydroxylation sites is 1. The van der Waals surface area contributed by atoms with E-state index in [-0.39, 0.29) is 5.70 Å². The second kappa shape index (κ2) is 9.30. The summed E-state index contributed by atoms with van der Waals surface area (Å²) >= 11 is 0. The van der Waals surface area contributed by atoms with E-state index in [0.717, 1.165) is 10.9 Å². The molecule has 0 unspecified atom stereocenters. The largest absolute Gasteiger partial charge is 0.464 e. The summed E-state index contributed by atoms with van der Waals surface area (Å²) in [7, 11) is 1.24. The van der Waals surface area contributed by atoms with Gasteiger partial charge in [0.1, 0.15) is 17.0 Å². The number of aromatic nitrogens is 1. The molecule has 1 heterocycles. The summed E-state index contributed by atoms with van der Waals surface area (Å²) < 4.78 is 15.7. The molecule has 0 aliphatic carbocycles. The molecule has 1 N–H and O–H groups in total. The number of rotatable bonds is 5. The van der Waals surface area contributed by atoms with Gasteiger partial charge in [0.2, 0.25) is 5.88 Å². The number of nitrogens with one attached hydrogen (secondary N) is 1. The number of fused-ring (bicyclic) bond motifs is 1. The van der Waals surface area contributed by atoms with Crippen molar-refractivity contribution < 1.29 is 23.8 Å². The molecule has 31 heavy (non-hydrogen) atoms. The number of amides is 1. The molecule has 0 saturated heterocycles. The van der Waals surface area contributed by atoms with E-state index in [0.29, 0.717) is 17.2 Å². The Labute approximate surface area is 180 Å². The van der Waals surface area contributed by atoms with Gasteiger partial charge in [-0.25, -0.2) is 14.6 Å². The number of carbonyl (C=O) groups is 2. The highest BCUT2D eigenvalue weighted by molar-refractivity contribution is 5.97. The average molecular weight is 420 g/mol. The summed E-state index contributed by atoms with van der Waals surface area (Å²) in [6, 6.07) is 18.5. The number of benzene rings is 2. The number of pyridine rings is 1. The normalized spacial score (nSPS) is 11.7. The molecule has 7 nitrogen and oxygen atoms in total. The van der Waals surface area contributed by atoms with Gasteiger partial charge < -0.3 is 14.2 Å². The van der Waals surface area contributed by atoms with Crippen LogP contribution in [0, 0.1) is 0 Å². The topological polar surface area (TPSA) is 86.8 Å². The Morgan fingerprint density at radius 3 is 2.42 bits per heavy atom. The van der Waals surface area contributed by atoms with E-state index < -0.39 is 17.7 Å². The number of esters is 1. The predicted octanol–water partition coefficient (Wildman–Crippen LogP) is 5.07. The van der Waals surface area contributed by atoms with Crippen LogP contribution in [0.15, 0.2) is 66.4 Å². The van der Waals surface area contributed by atoms with Gasteiger partial charge >= 0.3 is 12.1 Å². The molecule has 7 heteroatoms. The van der Waals surface area contributed by atoms with Crippen molar-refractivity contribution in [1.29, 1.82) is 0 Å². The van der Waals surface area contributed by atoms with E-state index >= 15 is 0 Å². The van der Waals surface area contributed by atoms with Crippen molar-refractivity contribution in [3.63, 3.8) is 0 Å². The van der Waals surface area contributed by atoms with Crippen LogP contribution in [0.25, 0.3) is 17.0 Å². The Kier molecular flexibility index (Phi) is 6.55. The minimum Gasteiger partial charge on any atom is -0.464 e. The first-order valence-corrected chi connectivity index (χ1v) is 9.67. The van der Waals surface area contributed by atoms with Crippen LogP contribution in [0.3, 0.4) is 0 Å². The van der Waals surface area contributed by atoms with Gasteiger partial charge in [0, 0.05) is 11.5 Å². The van der Waals surface area contributed by atoms with E-state index in [4.69, 9.17) is 14.2 Å². The molecule has 0 saturated carbocycles. The maximum atomic E-state index is 12.1. The molecule has 1 aromatic heterocycles. The van der Waals surface area contributed by atoms with Crippen LogP contribution in [-0.4, -0.2) is 29.8 Å². The quantitative estimate of drug-likeness (QED) is 0.458. The summed E-state index contributed by atoms with van der Waals surface area (Å²) in [4.78, 5) is 28.7. The highest BCUT2D eigenvalue weighted by Crippen LogP contribution is 2.23. The van der Waals surface area contributed by atoms with E-state index in [1.807, 2.05) is 42.5 Å². The van der Waals surface area contributed by atoms with Crippen LogP contribution in [-0.2, 0) is 14.3 Å². The van der Waals surface area contributed by atoms with E-state index in [1.54, 1.807) is 39.0 Å². The van der Waals surface area contributed by atoms with Crippen molar-refractivity contribution in [3.8, 4) is 11.6 Å². The lowest BCUT2D eigenvalue weighted by Gasteiger charge is -2.20. The summed E-state index contributed by atoms with van der Waals surface area (Å²) in [6.45, 7) is 5.21. The van der Waals surface area contributed by atoms with Crippen molar-refractivity contribution in [3.05, 3.63) is 71.9 Å². The summed E-state index contributed by atoms with van der Waals surface area (Å²) in [5, 5.41) is 3.29. The van der Waals surface area contributed by atoms with Gasteiger partial charge in [-0.05, 0) is 62.7 Å². The Bertz CT molecular complexity index is 1120. The third kappa shape index (κ3) is 6.30. The average Bonchev–Trinajstić information content (AvgIpc) is 2.72. The highest BCUT2D eigenvalue weighted by Gasteiger charge is 2.20. The molecule has 3 aromatic rings. The fourth-order valence-electron chi connectivity index (χ4n) is 2.72. The fraction of sp³-hybridized carbons (Fsp3) is 0.208. The van der Waals surface area contributed by atoms with Crippen molar-refractivity contribution in [2.45, 2.75) is 26.4 Å². The van der Waals surface area contributed by atoms with Gasteiger partial charge in [-0.1, -0.05) is 24.3 Å². The van der Waals surface area contributed by atoms with Gasteiger partial charge in [-0.2, -0.15) is 0 Å². The van der Waals surface area contributed by atoms with Crippen LogP contribution in [0.2, 0.25) is 0 Å². The van der Waals surface area contributed by atoms with E-state index in [2.05, 4.69) is 10.3 Å². The first-order valence-electron chi connectivity index (χ1n) is 9.67. The van der Waals surface area contributed by atoms with Crippen LogP contribution in [0.4, 0.5) is 4.79 Å². The first-order chi connectivity index (χ1) is 14.7. The molecule has 0 spiro atoms. The number of carbonyl (C=O) groups excluding carboxylic acids is 2. The van der Waals surface area contributed by atoms with Crippen molar-refractivity contribution in [1.82, 2.24) is 10.3 Å². The number of nitrogens with zero attached hydrogens (tertiary/aromatic N) is 1. The summed E-state index contributed by atoms with van der Waals surface area (Å²) in [5.41, 5.74) is 0.681. The van der Waals surface area contributed by atoms with Crippen LogP contribution in [0.1, 0.15) is 26.3 Å². The van der Waals surface area contributed by atoms with Crippen molar-refractivity contribution in [2.24, 2.45) is 0 Å². The Hall–Kier alpha value is -3.87. The summed E-state index contributed by atoms with van der Waals surface area (Å²) in [5.74, 6) is 0.490. The van der Waals surface area contributed by atoms with Crippen LogP contribution >= 0.6 is 0 Å². The highest BCUT2D eigenvalue weighted by atomic mass is 16.6. The molecule has 0 aliphatic heterocycles.